The van der Waals surface area contributed by atoms with Crippen LogP contribution in [0.4, 0.5) is 17.6 Å². The van der Waals surface area contributed by atoms with E-state index >= 15 is 0 Å². The molecule has 19 heavy (non-hydrogen) atoms. The Bertz CT molecular complexity index is 651. The number of allylic oxidation sites excluding steroid dienone is 2. The van der Waals surface area contributed by atoms with E-state index in [1.807, 2.05) is 0 Å². The summed E-state index contributed by atoms with van der Waals surface area (Å²) in [6.07, 6.45) is -5.16. The molecule has 1 nitrogen and oxygen atoms in total. The molecule has 0 aliphatic heterocycles. The topological polar surface area (TPSA) is 17.1 Å². The predicted molar refractivity (Wildman–Crippen MR) is 63.5 cm³/mol. The number of alkyl halides is 3. The molecule has 0 aliphatic carbocycles. The van der Waals surface area contributed by atoms with Gasteiger partial charge in [0, 0.05) is 11.6 Å². The van der Waals surface area contributed by atoms with Crippen molar-refractivity contribution in [2.24, 2.45) is 0 Å². The van der Waals surface area contributed by atoms with E-state index in [4.69, 9.17) is 0 Å². The van der Waals surface area contributed by atoms with Crippen LogP contribution in [0.1, 0.15) is 10.4 Å². The van der Waals surface area contributed by atoms with Crippen LogP contribution < -0.4 is 0 Å². The van der Waals surface area contributed by atoms with E-state index in [0.29, 0.717) is 10.8 Å². The van der Waals surface area contributed by atoms with Gasteiger partial charge in [0.15, 0.2) is 5.78 Å². The Morgan fingerprint density at radius 3 is 2.32 bits per heavy atom. The molecule has 0 unspecified atom stereocenters. The van der Waals surface area contributed by atoms with Crippen molar-refractivity contribution in [1.82, 2.24) is 0 Å². The molecule has 0 saturated carbocycles. The van der Waals surface area contributed by atoms with Crippen molar-refractivity contribution in [3.8, 4) is 0 Å². The van der Waals surface area contributed by atoms with E-state index in [0.717, 1.165) is 0 Å². The number of carbonyl (C=O) groups excluding carboxylic acids is 1. The molecule has 0 radical (unpaired) electrons. The van der Waals surface area contributed by atoms with Crippen molar-refractivity contribution < 1.29 is 22.4 Å². The lowest BCUT2D eigenvalue weighted by atomic mass is 10.0. The minimum Gasteiger partial charge on any atom is -0.289 e. The van der Waals surface area contributed by atoms with E-state index in [9.17, 15) is 22.4 Å². The molecule has 0 heterocycles. The summed E-state index contributed by atoms with van der Waals surface area (Å²) in [6, 6.07) is 11.3. The Kier molecular flexibility index (Phi) is 3.38. The van der Waals surface area contributed by atoms with Crippen LogP contribution in [-0.4, -0.2) is 12.0 Å². The molecule has 5 heteroatoms. The van der Waals surface area contributed by atoms with Crippen LogP contribution in [0.2, 0.25) is 0 Å². The average molecular weight is 268 g/mol. The number of fused-ring (bicyclic) bond motifs is 1. The van der Waals surface area contributed by atoms with Gasteiger partial charge in [0.1, 0.15) is 0 Å². The largest absolute Gasteiger partial charge is 0.443 e. The van der Waals surface area contributed by atoms with Gasteiger partial charge in [-0.3, -0.25) is 4.79 Å². The van der Waals surface area contributed by atoms with E-state index in [1.165, 1.54) is 12.1 Å². The normalized spacial score (nSPS) is 12.7. The van der Waals surface area contributed by atoms with Gasteiger partial charge in [-0.15, -0.1) is 0 Å². The fourth-order valence-electron chi connectivity index (χ4n) is 1.71. The monoisotopic (exact) mass is 268 g/mol. The smallest absolute Gasteiger partial charge is 0.289 e. The molecule has 0 aromatic heterocycles. The van der Waals surface area contributed by atoms with Gasteiger partial charge in [0.25, 0.3) is 0 Å². The number of hydrogen-bond donors (Lipinski definition) is 0. The molecular formula is C14H8F4O. The van der Waals surface area contributed by atoms with Crippen LogP contribution >= 0.6 is 0 Å². The number of hydrogen-bond acceptors (Lipinski definition) is 1. The molecule has 0 atom stereocenters. The van der Waals surface area contributed by atoms with Crippen LogP contribution in [0, 0.1) is 0 Å². The first-order valence-electron chi connectivity index (χ1n) is 5.36. The van der Waals surface area contributed by atoms with Gasteiger partial charge in [-0.2, -0.15) is 13.2 Å². The van der Waals surface area contributed by atoms with E-state index in [-0.39, 0.29) is 11.6 Å². The maximum absolute atomic E-state index is 12.8. The number of rotatable bonds is 2. The summed E-state index contributed by atoms with van der Waals surface area (Å²) in [5.74, 6) is -3.41. The summed E-state index contributed by atoms with van der Waals surface area (Å²) >= 11 is 0. The minimum absolute atomic E-state index is 0.0260. The zero-order valence-corrected chi connectivity index (χ0v) is 9.54. The fourth-order valence-corrected chi connectivity index (χ4v) is 1.71. The third-order valence-electron chi connectivity index (χ3n) is 2.58. The van der Waals surface area contributed by atoms with E-state index in [2.05, 4.69) is 0 Å². The molecule has 0 fully saturated rings. The van der Waals surface area contributed by atoms with Gasteiger partial charge >= 0.3 is 6.18 Å². The minimum atomic E-state index is -5.14. The lowest BCUT2D eigenvalue weighted by Crippen LogP contribution is -2.10. The Labute approximate surface area is 106 Å². The number of benzene rings is 2. The number of ketones is 1. The molecule has 2 aromatic carbocycles. The highest BCUT2D eigenvalue weighted by atomic mass is 19.4. The average Bonchev–Trinajstić information content (AvgIpc) is 2.36. The van der Waals surface area contributed by atoms with Crippen LogP contribution in [0.25, 0.3) is 10.8 Å². The van der Waals surface area contributed by atoms with Gasteiger partial charge in [-0.05, 0) is 10.8 Å². The molecule has 0 amide bonds. The third-order valence-corrected chi connectivity index (χ3v) is 2.58. The Morgan fingerprint density at radius 2 is 1.63 bits per heavy atom. The highest BCUT2D eigenvalue weighted by Crippen LogP contribution is 2.27. The summed E-state index contributed by atoms with van der Waals surface area (Å²) < 4.78 is 48.9. The van der Waals surface area contributed by atoms with Crippen LogP contribution in [0.5, 0.6) is 0 Å². The van der Waals surface area contributed by atoms with Gasteiger partial charge in [-0.25, -0.2) is 4.39 Å². The number of halogens is 4. The Morgan fingerprint density at radius 1 is 1.00 bits per heavy atom. The molecule has 0 saturated heterocycles. The van der Waals surface area contributed by atoms with Gasteiger partial charge in [0.05, 0.1) is 0 Å². The van der Waals surface area contributed by atoms with E-state index < -0.39 is 17.8 Å². The summed E-state index contributed by atoms with van der Waals surface area (Å²) in [7, 11) is 0. The Balaban J connectivity index is 2.49. The lowest BCUT2D eigenvalue weighted by Gasteiger charge is -2.05. The quantitative estimate of drug-likeness (QED) is 0.447. The summed E-state index contributed by atoms with van der Waals surface area (Å²) in [4.78, 5) is 11.7. The first kappa shape index (κ1) is 13.3. The van der Waals surface area contributed by atoms with Crippen LogP contribution in [-0.2, 0) is 0 Å². The van der Waals surface area contributed by atoms with Crippen molar-refractivity contribution in [3.63, 3.8) is 0 Å². The van der Waals surface area contributed by atoms with Gasteiger partial charge < -0.3 is 0 Å². The predicted octanol–water partition coefficient (Wildman–Crippen LogP) is 4.44. The highest BCUT2D eigenvalue weighted by Gasteiger charge is 2.35. The molecule has 0 aliphatic rings. The van der Waals surface area contributed by atoms with Gasteiger partial charge in [-0.1, -0.05) is 42.5 Å². The summed E-state index contributed by atoms with van der Waals surface area (Å²) in [6.45, 7) is 0. The maximum Gasteiger partial charge on any atom is 0.443 e. The number of carbonyl (C=O) groups is 1. The molecule has 0 spiro atoms. The standard InChI is InChI=1S/C14H8F4O/c15-13(14(16,17)18)8-12(19)11-7-3-5-9-4-1-2-6-10(9)11/h1-8H/b13-8-. The molecule has 2 rings (SSSR count). The first-order chi connectivity index (χ1) is 8.89. The van der Waals surface area contributed by atoms with Gasteiger partial charge in [0.2, 0.25) is 5.83 Å². The first-order valence-corrected chi connectivity index (χ1v) is 5.36. The SMILES string of the molecule is O=C(/C=C(\F)C(F)(F)F)c1cccc2ccccc12. The second kappa shape index (κ2) is 4.84. The van der Waals surface area contributed by atoms with Crippen molar-refractivity contribution in [2.45, 2.75) is 6.18 Å². The third kappa shape index (κ3) is 2.81. The Hall–Kier alpha value is -2.17. The second-order valence-electron chi connectivity index (χ2n) is 3.88. The fraction of sp³-hybridized carbons (Fsp3) is 0.0714. The molecule has 0 bridgehead atoms. The van der Waals surface area contributed by atoms with Crippen molar-refractivity contribution in [2.75, 3.05) is 0 Å². The summed E-state index contributed by atoms with van der Waals surface area (Å²) in [5, 5.41) is 1.19. The molecule has 98 valence electrons. The van der Waals surface area contributed by atoms with E-state index in [1.54, 1.807) is 30.3 Å². The van der Waals surface area contributed by atoms with Crippen molar-refractivity contribution in [3.05, 3.63) is 59.9 Å². The van der Waals surface area contributed by atoms with Crippen molar-refractivity contribution >= 4 is 16.6 Å². The maximum atomic E-state index is 12.8. The zero-order valence-electron chi connectivity index (χ0n) is 9.54. The molecular weight excluding hydrogens is 260 g/mol. The highest BCUT2D eigenvalue weighted by molar-refractivity contribution is 6.13. The molecule has 0 N–H and O–H groups in total. The van der Waals surface area contributed by atoms with Crippen LogP contribution in [0.15, 0.2) is 54.4 Å². The molecule has 2 aromatic rings. The van der Waals surface area contributed by atoms with Crippen molar-refractivity contribution in [1.29, 1.82) is 0 Å². The second-order valence-corrected chi connectivity index (χ2v) is 3.88. The summed E-state index contributed by atoms with van der Waals surface area (Å²) in [5.41, 5.74) is 0.0394. The van der Waals surface area contributed by atoms with Crippen LogP contribution in [0.3, 0.4) is 0 Å². The lowest BCUT2D eigenvalue weighted by molar-refractivity contribution is -0.108. The zero-order chi connectivity index (χ0) is 14.0.